The lowest BCUT2D eigenvalue weighted by Crippen LogP contribution is -2.58. The molecule has 27 heavy (non-hydrogen) atoms. The summed E-state index contributed by atoms with van der Waals surface area (Å²) in [6.07, 6.45) is 7.37. The molecule has 4 heterocycles. The summed E-state index contributed by atoms with van der Waals surface area (Å²) in [5.74, 6) is 1.67. The number of piperidine rings is 3. The number of rotatable bonds is 6. The third-order valence-electron chi connectivity index (χ3n) is 6.53. The third kappa shape index (κ3) is 4.79. The van der Waals surface area contributed by atoms with Gasteiger partial charge in [-0.3, -0.25) is 4.90 Å². The molecule has 5 rings (SSSR count). The van der Waals surface area contributed by atoms with Crippen molar-refractivity contribution >= 4 is 23.5 Å². The summed E-state index contributed by atoms with van der Waals surface area (Å²) in [6, 6.07) is 8.39. The molecule has 6 heteroatoms. The maximum Gasteiger partial charge on any atom is 0.319 e. The van der Waals surface area contributed by atoms with Gasteiger partial charge in [-0.1, -0.05) is 6.07 Å². The van der Waals surface area contributed by atoms with Gasteiger partial charge in [0.15, 0.2) is 0 Å². The Morgan fingerprint density at radius 3 is 2.85 bits per heavy atom. The first kappa shape index (κ1) is 19.1. The van der Waals surface area contributed by atoms with Crippen molar-refractivity contribution in [2.45, 2.75) is 36.6 Å². The van der Waals surface area contributed by atoms with Crippen LogP contribution in [0.1, 0.15) is 25.7 Å². The van der Waals surface area contributed by atoms with Crippen molar-refractivity contribution in [3.63, 3.8) is 0 Å². The number of likely N-dealkylation sites (tertiary alicyclic amines) is 1. The van der Waals surface area contributed by atoms with Gasteiger partial charge in [0, 0.05) is 36.3 Å². The second-order valence-corrected chi connectivity index (χ2v) is 9.15. The van der Waals surface area contributed by atoms with Crippen LogP contribution in [-0.2, 0) is 0 Å². The second kappa shape index (κ2) is 8.84. The van der Waals surface area contributed by atoms with Crippen LogP contribution in [0.4, 0.5) is 10.5 Å². The van der Waals surface area contributed by atoms with Crippen molar-refractivity contribution in [3.05, 3.63) is 24.3 Å². The molecule has 0 aliphatic carbocycles. The van der Waals surface area contributed by atoms with Gasteiger partial charge in [-0.05, 0) is 81.6 Å². The number of carbonyl (C=O) groups is 1. The molecule has 1 aromatic carbocycles. The van der Waals surface area contributed by atoms with Crippen molar-refractivity contribution < 1.29 is 4.79 Å². The summed E-state index contributed by atoms with van der Waals surface area (Å²) in [6.45, 7) is 7.04. The number of urea groups is 1. The van der Waals surface area contributed by atoms with Crippen LogP contribution >= 0.6 is 11.8 Å². The number of hydrogen-bond acceptors (Lipinski definition) is 4. The van der Waals surface area contributed by atoms with Gasteiger partial charge in [0.2, 0.25) is 0 Å². The molecule has 1 unspecified atom stereocenters. The Hall–Kier alpha value is -1.24. The minimum atomic E-state index is -0.0930. The summed E-state index contributed by atoms with van der Waals surface area (Å²) in [7, 11) is 0. The summed E-state index contributed by atoms with van der Waals surface area (Å²) >= 11 is 1.68. The van der Waals surface area contributed by atoms with E-state index in [0.717, 1.165) is 29.0 Å². The predicted molar refractivity (Wildman–Crippen MR) is 112 cm³/mol. The normalized spacial score (nSPS) is 30.4. The first-order valence-electron chi connectivity index (χ1n) is 10.4. The lowest BCUT2D eigenvalue weighted by molar-refractivity contribution is -0.00837. The molecule has 1 aromatic rings. The van der Waals surface area contributed by atoms with Gasteiger partial charge in [0.05, 0.1) is 0 Å². The zero-order chi connectivity index (χ0) is 18.6. The zero-order valence-electron chi connectivity index (χ0n) is 16.3. The number of benzene rings is 1. The van der Waals surface area contributed by atoms with E-state index >= 15 is 0 Å². The maximum absolute atomic E-state index is 12.3. The van der Waals surface area contributed by atoms with Crippen molar-refractivity contribution in [1.29, 1.82) is 0 Å². The Bertz CT molecular complexity index is 649. The first-order valence-corrected chi connectivity index (χ1v) is 11.6. The van der Waals surface area contributed by atoms with Crippen LogP contribution in [-0.4, -0.2) is 67.4 Å². The van der Waals surface area contributed by atoms with E-state index in [0.29, 0.717) is 6.04 Å². The number of anilines is 1. The highest BCUT2D eigenvalue weighted by Crippen LogP contribution is 2.36. The lowest BCUT2D eigenvalue weighted by atomic mass is 9.75. The molecule has 2 amide bonds. The monoisotopic (exact) mass is 388 g/mol. The first-order chi connectivity index (χ1) is 13.2. The van der Waals surface area contributed by atoms with Crippen LogP contribution in [0.2, 0.25) is 0 Å². The van der Waals surface area contributed by atoms with E-state index in [1.165, 1.54) is 58.4 Å². The van der Waals surface area contributed by atoms with Crippen molar-refractivity contribution in [2.24, 2.45) is 11.8 Å². The number of carbonyl (C=O) groups excluding carboxylic acids is 1. The Kier molecular flexibility index (Phi) is 6.25. The highest BCUT2D eigenvalue weighted by molar-refractivity contribution is 7.98. The van der Waals surface area contributed by atoms with Crippen LogP contribution in [0.25, 0.3) is 0 Å². The minimum Gasteiger partial charge on any atom is -0.336 e. The van der Waals surface area contributed by atoms with Gasteiger partial charge in [-0.15, -0.1) is 11.8 Å². The molecule has 4 saturated heterocycles. The van der Waals surface area contributed by atoms with Gasteiger partial charge >= 0.3 is 6.03 Å². The average molecular weight is 389 g/mol. The van der Waals surface area contributed by atoms with E-state index in [-0.39, 0.29) is 6.03 Å². The Labute approximate surface area is 167 Å². The molecule has 0 spiro atoms. The maximum atomic E-state index is 12.3. The van der Waals surface area contributed by atoms with Crippen LogP contribution < -0.4 is 10.6 Å². The van der Waals surface area contributed by atoms with Crippen molar-refractivity contribution in [1.82, 2.24) is 15.1 Å². The molecule has 0 radical (unpaired) electrons. The van der Waals surface area contributed by atoms with E-state index in [1.807, 2.05) is 24.5 Å². The molecule has 0 aromatic heterocycles. The standard InChI is InChI=1S/C21H32N4OS/c1-27-20-6-4-5-18(12-20)23-21(26)22-13-19-11-16-7-10-25(19)15-17(16)14-24-8-2-3-9-24/h4-6,12,16-17,19H,2-3,7-11,13-15H2,1H3,(H2,22,23,26)/t16-,17+,19+/m1/s1. The summed E-state index contributed by atoms with van der Waals surface area (Å²) in [5.41, 5.74) is 0.857. The zero-order valence-corrected chi connectivity index (χ0v) is 17.1. The summed E-state index contributed by atoms with van der Waals surface area (Å²) in [4.78, 5) is 18.7. The Morgan fingerprint density at radius 1 is 1.26 bits per heavy atom. The number of nitrogens with one attached hydrogen (secondary N) is 2. The smallest absolute Gasteiger partial charge is 0.319 e. The summed E-state index contributed by atoms with van der Waals surface area (Å²) < 4.78 is 0. The van der Waals surface area contributed by atoms with Crippen LogP contribution in [0.15, 0.2) is 29.2 Å². The Morgan fingerprint density at radius 2 is 2.11 bits per heavy atom. The van der Waals surface area contributed by atoms with Crippen LogP contribution in [0.5, 0.6) is 0 Å². The van der Waals surface area contributed by atoms with E-state index in [2.05, 4.69) is 26.5 Å². The second-order valence-electron chi connectivity index (χ2n) is 8.27. The highest BCUT2D eigenvalue weighted by atomic mass is 32.2. The van der Waals surface area contributed by atoms with E-state index < -0.39 is 0 Å². The van der Waals surface area contributed by atoms with Crippen molar-refractivity contribution in [3.8, 4) is 0 Å². The fourth-order valence-corrected chi connectivity index (χ4v) is 5.51. The number of amides is 2. The predicted octanol–water partition coefficient (Wildman–Crippen LogP) is 3.34. The molecule has 2 N–H and O–H groups in total. The molecular weight excluding hydrogens is 356 g/mol. The molecular formula is C21H32N4OS. The van der Waals surface area contributed by atoms with Crippen molar-refractivity contribution in [2.75, 3.05) is 50.8 Å². The minimum absolute atomic E-state index is 0.0930. The molecule has 4 aliphatic heterocycles. The fourth-order valence-electron chi connectivity index (χ4n) is 5.05. The number of nitrogens with zero attached hydrogens (tertiary/aromatic N) is 2. The highest BCUT2D eigenvalue weighted by Gasteiger charge is 2.40. The molecule has 2 bridgehead atoms. The largest absolute Gasteiger partial charge is 0.336 e. The topological polar surface area (TPSA) is 47.6 Å². The van der Waals surface area contributed by atoms with E-state index in [9.17, 15) is 4.79 Å². The van der Waals surface area contributed by atoms with Gasteiger partial charge in [-0.25, -0.2) is 4.79 Å². The fraction of sp³-hybridized carbons (Fsp3) is 0.667. The molecule has 4 fully saturated rings. The molecule has 4 aliphatic rings. The molecule has 4 atom stereocenters. The average Bonchev–Trinajstić information content (AvgIpc) is 3.20. The Balaban J connectivity index is 1.24. The third-order valence-corrected chi connectivity index (χ3v) is 7.26. The number of thioether (sulfide) groups is 1. The number of fused-ring (bicyclic) bond motifs is 3. The van der Waals surface area contributed by atoms with Gasteiger partial charge in [0.1, 0.15) is 0 Å². The summed E-state index contributed by atoms with van der Waals surface area (Å²) in [5, 5.41) is 6.07. The molecule has 0 saturated carbocycles. The van der Waals surface area contributed by atoms with Crippen LogP contribution in [0, 0.1) is 11.8 Å². The van der Waals surface area contributed by atoms with E-state index in [4.69, 9.17) is 0 Å². The quantitative estimate of drug-likeness (QED) is 0.734. The lowest BCUT2D eigenvalue weighted by Gasteiger charge is -2.50. The SMILES string of the molecule is CSc1cccc(NC(=O)NC[C@@H]2C[C@H]3CCN2C[C@@H]3CN2CCCC2)c1. The van der Waals surface area contributed by atoms with E-state index in [1.54, 1.807) is 11.8 Å². The van der Waals surface area contributed by atoms with Gasteiger partial charge < -0.3 is 15.5 Å². The molecule has 148 valence electrons. The van der Waals surface area contributed by atoms with Crippen LogP contribution in [0.3, 0.4) is 0 Å². The number of hydrogen-bond donors (Lipinski definition) is 2. The van der Waals surface area contributed by atoms with Gasteiger partial charge in [-0.2, -0.15) is 0 Å². The molecule has 5 nitrogen and oxygen atoms in total. The van der Waals surface area contributed by atoms with Gasteiger partial charge in [0.25, 0.3) is 0 Å².